The molecule has 26 heteroatoms. The van der Waals surface area contributed by atoms with E-state index in [0.29, 0.717) is 16.8 Å². The Morgan fingerprint density at radius 3 is 1.96 bits per heavy atom. The van der Waals surface area contributed by atoms with Gasteiger partial charge in [0.1, 0.15) is 42.3 Å². The second-order valence-corrected chi connectivity index (χ2v) is 20.9. The molecular weight excluding hydrogens is 1030 g/mol. The molecule has 1 aliphatic rings. The summed E-state index contributed by atoms with van der Waals surface area (Å²) in [6.45, 7) is 1.29. The van der Waals surface area contributed by atoms with Gasteiger partial charge in [0.25, 0.3) is 0 Å². The summed E-state index contributed by atoms with van der Waals surface area (Å²) in [7, 11) is 2.01. The molecule has 6 rings (SSSR count). The number of aromatic nitrogens is 3. The van der Waals surface area contributed by atoms with Crippen molar-refractivity contribution in [3.8, 4) is 0 Å². The molecule has 1 aliphatic heterocycles. The van der Waals surface area contributed by atoms with Crippen molar-refractivity contribution >= 4 is 85.7 Å². The second-order valence-electron chi connectivity index (χ2n) is 18.3. The van der Waals surface area contributed by atoms with E-state index in [4.69, 9.17) is 22.9 Å². The molecule has 9 atom stereocenters. The molecular formula is C51H65N15O9S2. The van der Waals surface area contributed by atoms with Crippen molar-refractivity contribution in [1.29, 1.82) is 0 Å². The number of hydrogen-bond donors (Lipinski definition) is 14. The van der Waals surface area contributed by atoms with Crippen molar-refractivity contribution in [3.63, 3.8) is 0 Å². The maximum absolute atomic E-state index is 14.7. The number of H-pyrrole nitrogens is 2. The van der Waals surface area contributed by atoms with Gasteiger partial charge in [-0.05, 0) is 48.9 Å². The van der Waals surface area contributed by atoms with Gasteiger partial charge in [0.2, 0.25) is 47.3 Å². The molecule has 1 fully saturated rings. The zero-order valence-corrected chi connectivity index (χ0v) is 43.7. The van der Waals surface area contributed by atoms with E-state index in [9.17, 15) is 43.5 Å². The maximum Gasteiger partial charge on any atom is 0.244 e. The van der Waals surface area contributed by atoms with Gasteiger partial charge in [-0.1, -0.05) is 100 Å². The van der Waals surface area contributed by atoms with E-state index in [2.05, 4.69) is 57.2 Å². The summed E-state index contributed by atoms with van der Waals surface area (Å²) >= 11 is 0. The highest BCUT2D eigenvalue weighted by atomic mass is 33.1. The van der Waals surface area contributed by atoms with E-state index in [1.807, 2.05) is 24.3 Å². The highest BCUT2D eigenvalue weighted by Crippen LogP contribution is 2.25. The number of imidazole rings is 1. The number of aliphatic hydroxyl groups excluding tert-OH is 1. The van der Waals surface area contributed by atoms with Gasteiger partial charge in [-0.3, -0.25) is 43.3 Å². The zero-order chi connectivity index (χ0) is 55.4. The van der Waals surface area contributed by atoms with E-state index in [1.54, 1.807) is 66.9 Å². The van der Waals surface area contributed by atoms with Crippen LogP contribution in [-0.2, 0) is 64.0 Å². The lowest BCUT2D eigenvalue weighted by atomic mass is 10.0. The number of nitrogens with zero attached hydrogens (tertiary/aromatic N) is 2. The van der Waals surface area contributed by atoms with Crippen LogP contribution in [0, 0.1) is 0 Å². The number of amides is 8. The van der Waals surface area contributed by atoms with Crippen molar-refractivity contribution in [2.45, 2.75) is 99.9 Å². The van der Waals surface area contributed by atoms with Crippen molar-refractivity contribution in [1.82, 2.24) is 52.2 Å². The van der Waals surface area contributed by atoms with Crippen molar-refractivity contribution in [2.75, 3.05) is 18.1 Å². The number of benzene rings is 3. The number of carbonyl (C=O) groups is 8. The Bertz CT molecular complexity index is 2830. The average molecular weight is 1100 g/mol. The molecule has 2 aromatic heterocycles. The Balaban J connectivity index is 1.42. The van der Waals surface area contributed by atoms with E-state index < -0.39 is 102 Å². The topological polar surface area (TPSA) is 402 Å². The van der Waals surface area contributed by atoms with Gasteiger partial charge in [0, 0.05) is 66.3 Å². The normalized spacial score (nSPS) is 21.4. The number of aromatic amines is 2. The van der Waals surface area contributed by atoms with Crippen LogP contribution in [0.3, 0.4) is 0 Å². The van der Waals surface area contributed by atoms with Crippen molar-refractivity contribution < 1.29 is 43.5 Å². The minimum Gasteiger partial charge on any atom is -0.391 e. The second kappa shape index (κ2) is 28.8. The van der Waals surface area contributed by atoms with Crippen LogP contribution in [0.2, 0.25) is 0 Å². The van der Waals surface area contributed by atoms with Crippen molar-refractivity contribution in [2.24, 2.45) is 27.9 Å². The number of guanidine groups is 1. The number of aliphatic imine (C=N–C) groups is 1. The third-order valence-corrected chi connectivity index (χ3v) is 14.8. The highest BCUT2D eigenvalue weighted by molar-refractivity contribution is 8.76. The first-order valence-electron chi connectivity index (χ1n) is 24.7. The molecule has 0 unspecified atom stereocenters. The summed E-state index contributed by atoms with van der Waals surface area (Å²) in [4.78, 5) is 128. The monoisotopic (exact) mass is 1100 g/mol. The molecule has 1 saturated heterocycles. The van der Waals surface area contributed by atoms with Gasteiger partial charge in [-0.25, -0.2) is 4.98 Å². The molecule has 18 N–H and O–H groups in total. The summed E-state index contributed by atoms with van der Waals surface area (Å²) in [5.74, 6) is -7.48. The number of carbonyl (C=O) groups excluding carboxylic acids is 8. The lowest BCUT2D eigenvalue weighted by Gasteiger charge is -2.28. The van der Waals surface area contributed by atoms with E-state index in [-0.39, 0.29) is 62.5 Å². The standard InChI is InChI=1S/C51H65N15O9S2/c1-28(67)42(43(53)68)66-50(75)41-26-77-76-25-40(64-44(69)34(52)19-29-11-4-2-5-12-29)49(74)63-39(22-32-24-56-27-59-32)48(73)61-37(20-30-13-6-3-7-14-30)46(71)60-36(17-10-18-57-51(54)55)45(70)62-38(47(72)65-41)21-31-23-58-35-16-9-8-15-33(31)35/h2-9,11-16,23-24,27-28,34,36-42,58,67H,10,17-22,25-26,52H2,1H3,(H2,53,68)(H,56,59)(H,60,71)(H,61,73)(H,62,70)(H,63,74)(H,64,69)(H,65,72)(H,66,75)(H4,54,55,57)/t28-,34-,36+,37-,38+,39-,40+,41+,42+/m1/s1. The number of fused-ring (bicyclic) bond motifs is 1. The first-order valence-corrected chi connectivity index (χ1v) is 27.2. The fourth-order valence-electron chi connectivity index (χ4n) is 8.27. The molecule has 0 radical (unpaired) electrons. The van der Waals surface area contributed by atoms with Crippen LogP contribution in [0.15, 0.2) is 109 Å². The quantitative estimate of drug-likeness (QED) is 0.0199. The number of para-hydroxylation sites is 1. The van der Waals surface area contributed by atoms with Crippen LogP contribution in [0.25, 0.3) is 10.9 Å². The summed E-state index contributed by atoms with van der Waals surface area (Å²) in [5.41, 5.74) is 26.3. The van der Waals surface area contributed by atoms with E-state index in [0.717, 1.165) is 38.1 Å². The summed E-state index contributed by atoms with van der Waals surface area (Å²) in [6.07, 6.45) is 2.87. The molecule has 5 aromatic rings. The Labute approximate surface area is 451 Å². The summed E-state index contributed by atoms with van der Waals surface area (Å²) in [5, 5.41) is 30.0. The maximum atomic E-state index is 14.7. The molecule has 0 saturated carbocycles. The molecule has 0 spiro atoms. The number of primary amides is 1. The Kier molecular flexibility index (Phi) is 21.8. The SMILES string of the molecule is C[C@@H](O)[C@H](NC(=O)[C@@H]1CSSC[C@H](NC(=O)[C@H](N)Cc2ccccc2)C(=O)N[C@H](Cc2cnc[nH]2)C(=O)N[C@H](Cc2ccccc2)C(=O)N[C@@H](CCCN=C(N)N)C(=O)N[C@@H](Cc2c[nH]c3ccccc23)C(=O)N1)C(N)=O. The first-order chi connectivity index (χ1) is 36.9. The highest BCUT2D eigenvalue weighted by Gasteiger charge is 2.36. The van der Waals surface area contributed by atoms with E-state index >= 15 is 0 Å². The molecule has 8 amide bonds. The molecule has 3 aromatic carbocycles. The Morgan fingerprint density at radius 1 is 0.727 bits per heavy atom. The first kappa shape index (κ1) is 58.3. The van der Waals surface area contributed by atoms with Crippen LogP contribution in [0.5, 0.6) is 0 Å². The number of hydrogen-bond acceptors (Lipinski definition) is 14. The fourth-order valence-corrected chi connectivity index (χ4v) is 10.6. The molecule has 3 heterocycles. The minimum absolute atomic E-state index is 0.0477. The van der Waals surface area contributed by atoms with Crippen LogP contribution in [-0.4, -0.2) is 146 Å². The van der Waals surface area contributed by atoms with Gasteiger partial charge in [0.15, 0.2) is 5.96 Å². The molecule has 0 aliphatic carbocycles. The van der Waals surface area contributed by atoms with Gasteiger partial charge < -0.3 is 75.2 Å². The number of nitrogens with two attached hydrogens (primary N) is 4. The predicted molar refractivity (Wildman–Crippen MR) is 292 cm³/mol. The zero-order valence-electron chi connectivity index (χ0n) is 42.1. The number of aliphatic hydroxyl groups is 1. The summed E-state index contributed by atoms with van der Waals surface area (Å²) in [6, 6.07) is 13.8. The minimum atomic E-state index is -1.58. The van der Waals surface area contributed by atoms with Crippen LogP contribution >= 0.6 is 21.6 Å². The third-order valence-electron chi connectivity index (χ3n) is 12.4. The number of nitrogens with one attached hydrogen (secondary N) is 9. The third kappa shape index (κ3) is 17.8. The lowest BCUT2D eigenvalue weighted by molar-refractivity contribution is -0.135. The molecule has 24 nitrogen and oxygen atoms in total. The Morgan fingerprint density at radius 2 is 1.31 bits per heavy atom. The lowest BCUT2D eigenvalue weighted by Crippen LogP contribution is -2.61. The fraction of sp³-hybridized carbons (Fsp3) is 0.373. The summed E-state index contributed by atoms with van der Waals surface area (Å²) < 4.78 is 0. The molecule has 0 bridgehead atoms. The van der Waals surface area contributed by atoms with Gasteiger partial charge in [-0.2, -0.15) is 0 Å². The predicted octanol–water partition coefficient (Wildman–Crippen LogP) is -1.80. The Hall–Kier alpha value is -7.94. The van der Waals surface area contributed by atoms with Crippen LogP contribution in [0.4, 0.5) is 0 Å². The van der Waals surface area contributed by atoms with Gasteiger partial charge in [-0.15, -0.1) is 0 Å². The smallest absolute Gasteiger partial charge is 0.244 e. The van der Waals surface area contributed by atoms with Gasteiger partial charge in [0.05, 0.1) is 18.5 Å². The average Bonchev–Trinajstić information content (AvgIpc) is 4.08. The number of rotatable bonds is 18. The largest absolute Gasteiger partial charge is 0.391 e. The molecule has 410 valence electrons. The van der Waals surface area contributed by atoms with E-state index in [1.165, 1.54) is 19.4 Å². The van der Waals surface area contributed by atoms with Crippen LogP contribution < -0.4 is 60.2 Å². The van der Waals surface area contributed by atoms with Crippen LogP contribution in [0.1, 0.15) is 42.1 Å². The molecule has 77 heavy (non-hydrogen) atoms. The van der Waals surface area contributed by atoms with Crippen molar-refractivity contribution in [3.05, 3.63) is 126 Å². The van der Waals surface area contributed by atoms with Gasteiger partial charge >= 0.3 is 0 Å².